The van der Waals surface area contributed by atoms with E-state index >= 15 is 0 Å². The molecule has 182 valence electrons. The molecular formula is C27H29N9. The molecule has 9 nitrogen and oxygen atoms in total. The van der Waals surface area contributed by atoms with Crippen LogP contribution >= 0.6 is 0 Å². The Hall–Kier alpha value is -4.37. The van der Waals surface area contributed by atoms with Gasteiger partial charge in [0.05, 0.1) is 5.69 Å². The maximum Gasteiger partial charge on any atom is 0.234 e. The number of nitrogens with two attached hydrogens (primary N) is 2. The lowest BCUT2D eigenvalue weighted by molar-refractivity contribution is 0.734. The third-order valence-corrected chi connectivity index (χ3v) is 6.33. The van der Waals surface area contributed by atoms with Gasteiger partial charge >= 0.3 is 0 Å². The minimum atomic E-state index is 0.111. The van der Waals surface area contributed by atoms with E-state index in [0.717, 1.165) is 34.5 Å². The van der Waals surface area contributed by atoms with Crippen LogP contribution in [0.25, 0.3) is 16.9 Å². The Morgan fingerprint density at radius 1 is 0.972 bits per heavy atom. The molecule has 5 aromatic rings. The topological polar surface area (TPSA) is 124 Å². The molecule has 0 radical (unpaired) electrons. The van der Waals surface area contributed by atoms with Gasteiger partial charge in [0.15, 0.2) is 5.65 Å². The van der Waals surface area contributed by atoms with Crippen molar-refractivity contribution in [2.75, 3.05) is 17.7 Å². The minimum absolute atomic E-state index is 0.111. The molecule has 0 aliphatic rings. The Bertz CT molecular complexity index is 1510. The van der Waals surface area contributed by atoms with Crippen molar-refractivity contribution < 1.29 is 0 Å². The van der Waals surface area contributed by atoms with Crippen molar-refractivity contribution in [1.29, 1.82) is 0 Å². The van der Waals surface area contributed by atoms with E-state index in [1.807, 2.05) is 67.4 Å². The molecule has 3 heterocycles. The second-order valence-electron chi connectivity index (χ2n) is 8.93. The predicted molar refractivity (Wildman–Crippen MR) is 142 cm³/mol. The highest BCUT2D eigenvalue weighted by molar-refractivity contribution is 5.69. The fourth-order valence-corrected chi connectivity index (χ4v) is 4.64. The largest absolute Gasteiger partial charge is 0.368 e. The van der Waals surface area contributed by atoms with E-state index in [4.69, 9.17) is 16.5 Å². The normalized spacial score (nSPS) is 12.1. The Kier molecular flexibility index (Phi) is 6.30. The van der Waals surface area contributed by atoms with Crippen molar-refractivity contribution in [2.24, 2.45) is 5.73 Å². The number of aromatic nitrogens is 6. The Labute approximate surface area is 209 Å². The summed E-state index contributed by atoms with van der Waals surface area (Å²) in [6.45, 7) is 4.65. The van der Waals surface area contributed by atoms with Gasteiger partial charge in [-0.15, -0.1) is 0 Å². The molecule has 2 aromatic carbocycles. The van der Waals surface area contributed by atoms with Gasteiger partial charge < -0.3 is 11.5 Å². The lowest BCUT2D eigenvalue weighted by atomic mass is 9.92. The highest BCUT2D eigenvalue weighted by Crippen LogP contribution is 2.34. The highest BCUT2D eigenvalue weighted by Gasteiger charge is 2.24. The Morgan fingerprint density at radius 3 is 2.53 bits per heavy atom. The summed E-state index contributed by atoms with van der Waals surface area (Å²) in [6.07, 6.45) is 2.33. The standard InChI is InChI=1S/C27H29N9/c1-17(12-19-8-7-9-20(13-19)15-28)24-18(2)32-26(29)34-25(24)35(3)27-33-22(21-10-5-4-6-11-21)14-23-30-16-31-36(23)27/h4-11,13-14,16-17H,12,15,28H2,1-3H3,(H2,29,32,34)/t17-/m0/s1. The number of rotatable bonds is 7. The lowest BCUT2D eigenvalue weighted by Crippen LogP contribution is -2.22. The summed E-state index contributed by atoms with van der Waals surface area (Å²) in [5.41, 5.74) is 18.6. The van der Waals surface area contributed by atoms with Gasteiger partial charge in [-0.3, -0.25) is 4.90 Å². The summed E-state index contributed by atoms with van der Waals surface area (Å²) in [5.74, 6) is 1.60. The van der Waals surface area contributed by atoms with Gasteiger partial charge in [0.2, 0.25) is 11.9 Å². The molecule has 0 saturated heterocycles. The smallest absolute Gasteiger partial charge is 0.234 e. The fourth-order valence-electron chi connectivity index (χ4n) is 4.64. The molecule has 0 aliphatic carbocycles. The van der Waals surface area contributed by atoms with E-state index in [1.54, 1.807) is 4.52 Å². The van der Waals surface area contributed by atoms with E-state index in [0.29, 0.717) is 24.0 Å². The van der Waals surface area contributed by atoms with Gasteiger partial charge in [0.25, 0.3) is 0 Å². The zero-order chi connectivity index (χ0) is 25.2. The predicted octanol–water partition coefficient (Wildman–Crippen LogP) is 4.04. The van der Waals surface area contributed by atoms with Crippen LogP contribution in [0.1, 0.15) is 35.2 Å². The molecule has 1 atom stereocenters. The zero-order valence-corrected chi connectivity index (χ0v) is 20.6. The number of aryl methyl sites for hydroxylation is 1. The fraction of sp³-hybridized carbons (Fsp3) is 0.222. The summed E-state index contributed by atoms with van der Waals surface area (Å²) >= 11 is 0. The molecular weight excluding hydrogens is 450 g/mol. The Balaban J connectivity index is 1.60. The molecule has 0 bridgehead atoms. The first-order valence-corrected chi connectivity index (χ1v) is 11.9. The van der Waals surface area contributed by atoms with Crippen molar-refractivity contribution in [1.82, 2.24) is 29.5 Å². The number of hydrogen-bond donors (Lipinski definition) is 2. The van der Waals surface area contributed by atoms with Crippen LogP contribution in [0.5, 0.6) is 0 Å². The van der Waals surface area contributed by atoms with E-state index in [2.05, 4.69) is 39.1 Å². The number of anilines is 3. The SMILES string of the molecule is Cc1nc(N)nc(N(C)c2nc(-c3ccccc3)cc3ncnn23)c1[C@@H](C)Cc1cccc(CN)c1. The van der Waals surface area contributed by atoms with Gasteiger partial charge in [-0.05, 0) is 30.4 Å². The molecule has 0 unspecified atom stereocenters. The maximum absolute atomic E-state index is 6.13. The summed E-state index contributed by atoms with van der Waals surface area (Å²) in [7, 11) is 1.92. The maximum atomic E-state index is 6.13. The van der Waals surface area contributed by atoms with Crippen LogP contribution in [0, 0.1) is 6.92 Å². The average Bonchev–Trinajstić information content (AvgIpc) is 3.36. The number of nitrogen functional groups attached to an aromatic ring is 1. The van der Waals surface area contributed by atoms with E-state index in [-0.39, 0.29) is 11.9 Å². The number of hydrogen-bond acceptors (Lipinski definition) is 8. The molecule has 4 N–H and O–H groups in total. The van der Waals surface area contributed by atoms with Gasteiger partial charge in [-0.2, -0.15) is 14.6 Å². The number of fused-ring (bicyclic) bond motifs is 1. The van der Waals surface area contributed by atoms with Crippen molar-refractivity contribution in [3.8, 4) is 11.3 Å². The first-order valence-electron chi connectivity index (χ1n) is 11.9. The molecule has 9 heteroatoms. The molecule has 0 saturated carbocycles. The number of nitrogens with zero attached hydrogens (tertiary/aromatic N) is 7. The quantitative estimate of drug-likeness (QED) is 0.358. The van der Waals surface area contributed by atoms with Gasteiger partial charge in [0, 0.05) is 36.5 Å². The van der Waals surface area contributed by atoms with Crippen molar-refractivity contribution in [3.63, 3.8) is 0 Å². The van der Waals surface area contributed by atoms with E-state index in [1.165, 1.54) is 11.9 Å². The first-order chi connectivity index (χ1) is 17.4. The van der Waals surface area contributed by atoms with Crippen LogP contribution in [0.15, 0.2) is 67.0 Å². The third kappa shape index (κ3) is 4.48. The molecule has 0 spiro atoms. The van der Waals surface area contributed by atoms with Crippen molar-refractivity contribution >= 4 is 23.4 Å². The molecule has 36 heavy (non-hydrogen) atoms. The van der Waals surface area contributed by atoms with Crippen LogP contribution in [-0.4, -0.2) is 36.6 Å². The zero-order valence-electron chi connectivity index (χ0n) is 20.6. The summed E-state index contributed by atoms with van der Waals surface area (Å²) < 4.78 is 1.71. The van der Waals surface area contributed by atoms with Gasteiger partial charge in [-0.25, -0.2) is 15.0 Å². The third-order valence-electron chi connectivity index (χ3n) is 6.33. The summed E-state index contributed by atoms with van der Waals surface area (Å²) in [6, 6.07) is 20.3. The molecule has 5 rings (SSSR count). The minimum Gasteiger partial charge on any atom is -0.368 e. The average molecular weight is 480 g/mol. The molecule has 0 aliphatic heterocycles. The number of benzene rings is 2. The molecule has 3 aromatic heterocycles. The first kappa shape index (κ1) is 23.4. The van der Waals surface area contributed by atoms with Gasteiger partial charge in [-0.1, -0.05) is 61.5 Å². The van der Waals surface area contributed by atoms with E-state index in [9.17, 15) is 0 Å². The molecule has 0 fully saturated rings. The van der Waals surface area contributed by atoms with Crippen molar-refractivity contribution in [3.05, 3.63) is 89.4 Å². The second kappa shape index (κ2) is 9.71. The van der Waals surface area contributed by atoms with Crippen LogP contribution < -0.4 is 16.4 Å². The van der Waals surface area contributed by atoms with Crippen LogP contribution in [0.4, 0.5) is 17.7 Å². The monoisotopic (exact) mass is 479 g/mol. The van der Waals surface area contributed by atoms with Gasteiger partial charge in [0.1, 0.15) is 12.1 Å². The highest BCUT2D eigenvalue weighted by atomic mass is 15.4. The van der Waals surface area contributed by atoms with Crippen LogP contribution in [0.2, 0.25) is 0 Å². The molecule has 0 amide bonds. The Morgan fingerprint density at radius 2 is 1.75 bits per heavy atom. The van der Waals surface area contributed by atoms with Crippen molar-refractivity contribution in [2.45, 2.75) is 32.7 Å². The summed E-state index contributed by atoms with van der Waals surface area (Å²) in [4.78, 5) is 20.5. The van der Waals surface area contributed by atoms with Crippen LogP contribution in [-0.2, 0) is 13.0 Å². The van der Waals surface area contributed by atoms with Crippen LogP contribution in [0.3, 0.4) is 0 Å². The summed E-state index contributed by atoms with van der Waals surface area (Å²) in [5, 5.41) is 4.42. The van der Waals surface area contributed by atoms with E-state index < -0.39 is 0 Å². The lowest BCUT2D eigenvalue weighted by Gasteiger charge is -2.25. The second-order valence-corrected chi connectivity index (χ2v) is 8.93.